The van der Waals surface area contributed by atoms with Gasteiger partial charge in [-0.15, -0.1) is 0 Å². The molecular weight excluding hydrogens is 269 g/mol. The van der Waals surface area contributed by atoms with Gasteiger partial charge in [0.1, 0.15) is 5.82 Å². The third kappa shape index (κ3) is 5.06. The predicted octanol–water partition coefficient (Wildman–Crippen LogP) is 2.70. The summed E-state index contributed by atoms with van der Waals surface area (Å²) in [7, 11) is 0. The molecule has 2 rings (SSSR count). The zero-order chi connectivity index (χ0) is 15.1. The minimum atomic E-state index is -0.341. The summed E-state index contributed by atoms with van der Waals surface area (Å²) in [6.45, 7) is 2.11. The maximum absolute atomic E-state index is 12.9. The van der Waals surface area contributed by atoms with Crippen LogP contribution in [-0.4, -0.2) is 18.7 Å². The van der Waals surface area contributed by atoms with E-state index in [1.165, 1.54) is 18.3 Å². The van der Waals surface area contributed by atoms with Crippen LogP contribution in [0.5, 0.6) is 0 Å². The number of anilines is 1. The van der Waals surface area contributed by atoms with E-state index in [2.05, 4.69) is 15.8 Å². The highest BCUT2D eigenvalue weighted by Crippen LogP contribution is 2.07. The molecule has 21 heavy (non-hydrogen) atoms. The Hall–Kier alpha value is -2.69. The summed E-state index contributed by atoms with van der Waals surface area (Å²) < 4.78 is 12.9. The molecular formula is C16H16FN3O. The highest BCUT2D eigenvalue weighted by Gasteiger charge is 1.99. The second-order valence-electron chi connectivity index (χ2n) is 4.57. The molecule has 5 heteroatoms. The lowest BCUT2D eigenvalue weighted by Crippen LogP contribution is -2.25. The molecule has 1 amide bonds. The predicted molar refractivity (Wildman–Crippen MR) is 81.8 cm³/mol. The van der Waals surface area contributed by atoms with Gasteiger partial charge in [-0.3, -0.25) is 4.79 Å². The van der Waals surface area contributed by atoms with Crippen LogP contribution >= 0.6 is 0 Å². The zero-order valence-electron chi connectivity index (χ0n) is 11.6. The Morgan fingerprint density at radius 1 is 1.24 bits per heavy atom. The van der Waals surface area contributed by atoms with Gasteiger partial charge in [-0.2, -0.15) is 5.10 Å². The van der Waals surface area contributed by atoms with Gasteiger partial charge in [0.15, 0.2) is 0 Å². The lowest BCUT2D eigenvalue weighted by Gasteiger charge is -2.05. The van der Waals surface area contributed by atoms with Crippen molar-refractivity contribution in [1.82, 2.24) is 5.43 Å². The molecule has 0 bridgehead atoms. The standard InChI is InChI=1S/C16H16FN3O/c1-12-5-7-15(8-6-12)18-11-16(21)20-19-10-13-3-2-4-14(17)9-13/h2-10,18H,11H2,1H3,(H,20,21)/b19-10+. The molecule has 0 unspecified atom stereocenters. The third-order valence-corrected chi connectivity index (χ3v) is 2.76. The topological polar surface area (TPSA) is 53.5 Å². The van der Waals surface area contributed by atoms with Gasteiger partial charge in [0.25, 0.3) is 5.91 Å². The van der Waals surface area contributed by atoms with Crippen molar-refractivity contribution in [3.63, 3.8) is 0 Å². The molecule has 0 saturated heterocycles. The first-order valence-electron chi connectivity index (χ1n) is 6.51. The average Bonchev–Trinajstić information content (AvgIpc) is 2.47. The number of hydrogen-bond donors (Lipinski definition) is 2. The highest BCUT2D eigenvalue weighted by atomic mass is 19.1. The normalized spacial score (nSPS) is 10.6. The van der Waals surface area contributed by atoms with Gasteiger partial charge in [-0.25, -0.2) is 9.82 Å². The first-order chi connectivity index (χ1) is 10.1. The van der Waals surface area contributed by atoms with Crippen LogP contribution < -0.4 is 10.7 Å². The van der Waals surface area contributed by atoms with E-state index >= 15 is 0 Å². The number of carbonyl (C=O) groups excluding carboxylic acids is 1. The number of amides is 1. The van der Waals surface area contributed by atoms with E-state index in [1.54, 1.807) is 12.1 Å². The van der Waals surface area contributed by atoms with Crippen molar-refractivity contribution >= 4 is 17.8 Å². The molecule has 4 nitrogen and oxygen atoms in total. The van der Waals surface area contributed by atoms with Crippen LogP contribution in [0.25, 0.3) is 0 Å². The van der Waals surface area contributed by atoms with E-state index in [0.29, 0.717) is 5.56 Å². The SMILES string of the molecule is Cc1ccc(NCC(=O)N/N=C/c2cccc(F)c2)cc1. The Morgan fingerprint density at radius 2 is 2.00 bits per heavy atom. The van der Waals surface area contributed by atoms with Gasteiger partial charge in [0.2, 0.25) is 0 Å². The van der Waals surface area contributed by atoms with Crippen LogP contribution in [0.2, 0.25) is 0 Å². The van der Waals surface area contributed by atoms with Crippen LogP contribution in [0.3, 0.4) is 0 Å². The zero-order valence-corrected chi connectivity index (χ0v) is 11.6. The number of halogens is 1. The van der Waals surface area contributed by atoms with E-state index < -0.39 is 0 Å². The molecule has 0 heterocycles. The first-order valence-corrected chi connectivity index (χ1v) is 6.51. The Labute approximate surface area is 122 Å². The number of benzene rings is 2. The number of rotatable bonds is 5. The lowest BCUT2D eigenvalue weighted by molar-refractivity contribution is -0.119. The molecule has 0 saturated carbocycles. The number of nitrogens with one attached hydrogen (secondary N) is 2. The summed E-state index contributed by atoms with van der Waals surface area (Å²) >= 11 is 0. The summed E-state index contributed by atoms with van der Waals surface area (Å²) in [4.78, 5) is 11.6. The fraction of sp³-hybridized carbons (Fsp3) is 0.125. The number of carbonyl (C=O) groups is 1. The maximum atomic E-state index is 12.9. The first kappa shape index (κ1) is 14.7. The molecule has 2 N–H and O–H groups in total. The second kappa shape index (κ2) is 7.19. The Balaban J connectivity index is 1.78. The number of aryl methyl sites for hydroxylation is 1. The van der Waals surface area contributed by atoms with Crippen LogP contribution in [0, 0.1) is 12.7 Å². The quantitative estimate of drug-likeness (QED) is 0.655. The number of hydrogen-bond acceptors (Lipinski definition) is 3. The van der Waals surface area contributed by atoms with Crippen molar-refractivity contribution in [3.8, 4) is 0 Å². The van der Waals surface area contributed by atoms with Gasteiger partial charge in [0, 0.05) is 5.69 Å². The summed E-state index contributed by atoms with van der Waals surface area (Å²) in [6, 6.07) is 13.7. The van der Waals surface area contributed by atoms with Crippen molar-refractivity contribution in [1.29, 1.82) is 0 Å². The summed E-state index contributed by atoms with van der Waals surface area (Å²) in [5.74, 6) is -0.616. The lowest BCUT2D eigenvalue weighted by atomic mass is 10.2. The molecule has 0 aliphatic rings. The molecule has 0 fully saturated rings. The molecule has 108 valence electrons. The average molecular weight is 285 g/mol. The fourth-order valence-corrected chi connectivity index (χ4v) is 1.66. The van der Waals surface area contributed by atoms with Gasteiger partial charge >= 0.3 is 0 Å². The van der Waals surface area contributed by atoms with Gasteiger partial charge < -0.3 is 5.32 Å². The van der Waals surface area contributed by atoms with Gasteiger partial charge in [0.05, 0.1) is 12.8 Å². The molecule has 0 spiro atoms. The summed E-state index contributed by atoms with van der Waals surface area (Å²) in [6.07, 6.45) is 1.40. The van der Waals surface area contributed by atoms with E-state index in [-0.39, 0.29) is 18.3 Å². The minimum absolute atomic E-state index is 0.115. The highest BCUT2D eigenvalue weighted by molar-refractivity contribution is 5.84. The van der Waals surface area contributed by atoms with E-state index in [1.807, 2.05) is 31.2 Å². The van der Waals surface area contributed by atoms with Crippen LogP contribution in [0.1, 0.15) is 11.1 Å². The number of hydrazone groups is 1. The van der Waals surface area contributed by atoms with Crippen molar-refractivity contribution in [2.75, 3.05) is 11.9 Å². The summed E-state index contributed by atoms with van der Waals surface area (Å²) in [5.41, 5.74) is 4.99. The molecule has 0 atom stereocenters. The smallest absolute Gasteiger partial charge is 0.259 e. The van der Waals surface area contributed by atoms with Crippen molar-refractivity contribution in [2.45, 2.75) is 6.92 Å². The Morgan fingerprint density at radius 3 is 2.71 bits per heavy atom. The van der Waals surface area contributed by atoms with Crippen LogP contribution in [0.4, 0.5) is 10.1 Å². The molecule has 0 aliphatic heterocycles. The Bertz CT molecular complexity index is 638. The maximum Gasteiger partial charge on any atom is 0.259 e. The van der Waals surface area contributed by atoms with Crippen LogP contribution in [-0.2, 0) is 4.79 Å². The minimum Gasteiger partial charge on any atom is -0.376 e. The molecule has 2 aromatic rings. The molecule has 0 aliphatic carbocycles. The molecule has 0 aromatic heterocycles. The van der Waals surface area contributed by atoms with Gasteiger partial charge in [-0.1, -0.05) is 29.8 Å². The third-order valence-electron chi connectivity index (χ3n) is 2.76. The molecule has 2 aromatic carbocycles. The van der Waals surface area contributed by atoms with E-state index in [4.69, 9.17) is 0 Å². The monoisotopic (exact) mass is 285 g/mol. The summed E-state index contributed by atoms with van der Waals surface area (Å²) in [5, 5.41) is 6.76. The van der Waals surface area contributed by atoms with E-state index in [9.17, 15) is 9.18 Å². The second-order valence-corrected chi connectivity index (χ2v) is 4.57. The Kier molecular flexibility index (Phi) is 5.04. The van der Waals surface area contributed by atoms with Crippen molar-refractivity contribution in [3.05, 3.63) is 65.5 Å². The fourth-order valence-electron chi connectivity index (χ4n) is 1.66. The molecule has 0 radical (unpaired) electrons. The number of nitrogens with zero attached hydrogens (tertiary/aromatic N) is 1. The van der Waals surface area contributed by atoms with Crippen molar-refractivity contribution in [2.24, 2.45) is 5.10 Å². The van der Waals surface area contributed by atoms with Crippen molar-refractivity contribution < 1.29 is 9.18 Å². The van der Waals surface area contributed by atoms with E-state index in [0.717, 1.165) is 11.3 Å². The van der Waals surface area contributed by atoms with Gasteiger partial charge in [-0.05, 0) is 36.8 Å². The largest absolute Gasteiger partial charge is 0.376 e. The van der Waals surface area contributed by atoms with Crippen LogP contribution in [0.15, 0.2) is 53.6 Å².